The van der Waals surface area contributed by atoms with Gasteiger partial charge in [0.05, 0.1) is 31.3 Å². The molecule has 0 aromatic rings. The Morgan fingerprint density at radius 1 is 0.490 bits per heavy atom. The second kappa shape index (κ2) is 41.1. The van der Waals surface area contributed by atoms with Crippen LogP contribution in [0.3, 0.4) is 0 Å². The molecule has 3 unspecified atom stereocenters. The summed E-state index contributed by atoms with van der Waals surface area (Å²) in [5.74, 6) is -0.334. The van der Waals surface area contributed by atoms with Crippen LogP contribution in [-0.2, 0) is 4.79 Å². The van der Waals surface area contributed by atoms with Crippen molar-refractivity contribution in [2.75, 3.05) is 6.61 Å². The van der Waals surface area contributed by atoms with E-state index in [1.54, 1.807) is 6.08 Å². The van der Waals surface area contributed by atoms with Gasteiger partial charge in [0, 0.05) is 0 Å². The number of carbonyl (C=O) groups is 1. The lowest BCUT2D eigenvalue weighted by Gasteiger charge is -2.21. The summed E-state index contributed by atoms with van der Waals surface area (Å²) in [5, 5.41) is 33.1. The van der Waals surface area contributed by atoms with E-state index in [0.717, 1.165) is 38.5 Å². The highest BCUT2D eigenvalue weighted by atomic mass is 16.3. The van der Waals surface area contributed by atoms with Gasteiger partial charge < -0.3 is 20.6 Å². The third-order valence-corrected chi connectivity index (χ3v) is 9.82. The molecule has 1 amide bonds. The molecule has 5 heteroatoms. The maximum atomic E-state index is 12.4. The fourth-order valence-electron chi connectivity index (χ4n) is 6.42. The Kier molecular flexibility index (Phi) is 39.7. The van der Waals surface area contributed by atoms with E-state index >= 15 is 0 Å². The number of aliphatic hydroxyl groups is 3. The fourth-order valence-corrected chi connectivity index (χ4v) is 6.42. The van der Waals surface area contributed by atoms with E-state index in [4.69, 9.17) is 0 Å². The highest BCUT2D eigenvalue weighted by Crippen LogP contribution is 2.14. The molecule has 0 spiro atoms. The average Bonchev–Trinajstić information content (AvgIpc) is 3.12. The second-order valence-corrected chi connectivity index (χ2v) is 14.9. The zero-order valence-electron chi connectivity index (χ0n) is 33.7. The third-order valence-electron chi connectivity index (χ3n) is 9.82. The van der Waals surface area contributed by atoms with Gasteiger partial charge in [-0.25, -0.2) is 0 Å². The first-order valence-corrected chi connectivity index (χ1v) is 21.9. The van der Waals surface area contributed by atoms with Gasteiger partial charge in [0.1, 0.15) is 0 Å². The topological polar surface area (TPSA) is 89.8 Å². The normalized spacial score (nSPS) is 14.1. The first-order valence-electron chi connectivity index (χ1n) is 21.9. The number of amides is 1. The Hall–Kier alpha value is -1.69. The maximum absolute atomic E-state index is 12.4. The Morgan fingerprint density at radius 3 is 1.29 bits per heavy atom. The maximum Gasteiger partial charge on any atom is 0.222 e. The molecule has 0 aliphatic rings. The molecule has 0 saturated heterocycles. The van der Waals surface area contributed by atoms with Gasteiger partial charge in [0.15, 0.2) is 0 Å². The quantitative estimate of drug-likeness (QED) is 0.0377. The van der Waals surface area contributed by atoms with Gasteiger partial charge in [-0.2, -0.15) is 0 Å². The van der Waals surface area contributed by atoms with Crippen molar-refractivity contribution in [3.63, 3.8) is 0 Å². The number of allylic oxidation sites excluding steroid dienone is 7. The van der Waals surface area contributed by atoms with Crippen LogP contribution in [0.1, 0.15) is 213 Å². The lowest BCUT2D eigenvalue weighted by molar-refractivity contribution is -0.124. The van der Waals surface area contributed by atoms with Crippen LogP contribution < -0.4 is 5.32 Å². The van der Waals surface area contributed by atoms with Gasteiger partial charge in [-0.1, -0.05) is 184 Å². The molecule has 0 saturated carbocycles. The summed E-state index contributed by atoms with van der Waals surface area (Å²) in [6.07, 6.45) is 52.6. The predicted molar refractivity (Wildman–Crippen MR) is 222 cm³/mol. The lowest BCUT2D eigenvalue weighted by Crippen LogP contribution is -2.45. The van der Waals surface area contributed by atoms with Crippen molar-refractivity contribution in [1.82, 2.24) is 5.32 Å². The highest BCUT2D eigenvalue weighted by molar-refractivity contribution is 5.76. The van der Waals surface area contributed by atoms with Crippen molar-refractivity contribution < 1.29 is 20.1 Å². The first kappa shape index (κ1) is 49.3. The molecule has 4 N–H and O–H groups in total. The average molecular weight is 716 g/mol. The summed E-state index contributed by atoms with van der Waals surface area (Å²) >= 11 is 0. The number of hydrogen-bond acceptors (Lipinski definition) is 4. The molecular formula is C46H85NO4. The molecule has 3 atom stereocenters. The molecule has 0 aromatic carbocycles. The molecular weight excluding hydrogens is 631 g/mol. The minimum atomic E-state index is -0.960. The zero-order valence-corrected chi connectivity index (χ0v) is 33.7. The van der Waals surface area contributed by atoms with Crippen LogP contribution in [0, 0.1) is 0 Å². The van der Waals surface area contributed by atoms with Gasteiger partial charge in [0.25, 0.3) is 0 Å². The monoisotopic (exact) mass is 716 g/mol. The Labute approximate surface area is 316 Å². The van der Waals surface area contributed by atoms with Crippen molar-refractivity contribution in [3.8, 4) is 0 Å². The Balaban J connectivity index is 3.68. The van der Waals surface area contributed by atoms with Gasteiger partial charge in [-0.3, -0.25) is 4.79 Å². The van der Waals surface area contributed by atoms with Crippen molar-refractivity contribution >= 4 is 5.91 Å². The molecule has 0 bridgehead atoms. The van der Waals surface area contributed by atoms with Crippen LogP contribution in [0.25, 0.3) is 0 Å². The lowest BCUT2D eigenvalue weighted by atomic mass is 10.0. The minimum absolute atomic E-state index is 0.00150. The number of rotatable bonds is 39. The van der Waals surface area contributed by atoms with E-state index in [-0.39, 0.29) is 18.9 Å². The molecule has 0 aliphatic heterocycles. The van der Waals surface area contributed by atoms with Crippen molar-refractivity contribution in [3.05, 3.63) is 48.6 Å². The zero-order chi connectivity index (χ0) is 37.3. The third kappa shape index (κ3) is 37.9. The number of unbranched alkanes of at least 4 members (excludes halogenated alkanes) is 24. The molecule has 5 nitrogen and oxygen atoms in total. The minimum Gasteiger partial charge on any atom is -0.394 e. The van der Waals surface area contributed by atoms with Gasteiger partial charge in [-0.15, -0.1) is 0 Å². The van der Waals surface area contributed by atoms with Crippen LogP contribution in [0.2, 0.25) is 0 Å². The standard InChI is InChI=1S/C46H85NO4/c1-3-5-7-9-11-13-15-17-18-19-20-21-22-23-24-25-26-28-29-31-33-35-37-39-43(49)41-46(51)47-44(42-48)45(50)40-38-36-34-32-30-27-16-14-12-10-8-6-4-2/h12,14,23-24,30,32,38,40,43-45,48-50H,3-11,13,15-22,25-29,31,33-37,39,41-42H2,1-2H3,(H,47,51)/b14-12+,24-23-,32-30+,40-38+. The van der Waals surface area contributed by atoms with E-state index in [2.05, 4.69) is 55.6 Å². The summed E-state index contributed by atoms with van der Waals surface area (Å²) in [7, 11) is 0. The van der Waals surface area contributed by atoms with Crippen LogP contribution >= 0.6 is 0 Å². The van der Waals surface area contributed by atoms with Crippen molar-refractivity contribution in [2.24, 2.45) is 0 Å². The van der Waals surface area contributed by atoms with E-state index < -0.39 is 18.2 Å². The number of aliphatic hydroxyl groups excluding tert-OH is 3. The first-order chi connectivity index (χ1) is 25.0. The molecule has 0 rings (SSSR count). The molecule has 0 radical (unpaired) electrons. The van der Waals surface area contributed by atoms with Gasteiger partial charge >= 0.3 is 0 Å². The summed E-state index contributed by atoms with van der Waals surface area (Å²) in [6, 6.07) is -0.768. The number of carbonyl (C=O) groups excluding carboxylic acids is 1. The van der Waals surface area contributed by atoms with E-state index in [0.29, 0.717) is 6.42 Å². The molecule has 0 fully saturated rings. The highest BCUT2D eigenvalue weighted by Gasteiger charge is 2.20. The molecule has 0 aliphatic carbocycles. The molecule has 51 heavy (non-hydrogen) atoms. The molecule has 0 aromatic heterocycles. The summed E-state index contributed by atoms with van der Waals surface area (Å²) in [6.45, 7) is 4.16. The number of nitrogens with one attached hydrogen (secondary N) is 1. The smallest absolute Gasteiger partial charge is 0.222 e. The van der Waals surface area contributed by atoms with Crippen LogP contribution in [-0.4, -0.2) is 46.1 Å². The number of hydrogen-bond donors (Lipinski definition) is 4. The van der Waals surface area contributed by atoms with Crippen LogP contribution in [0.5, 0.6) is 0 Å². The van der Waals surface area contributed by atoms with E-state index in [1.807, 2.05) is 6.08 Å². The second-order valence-electron chi connectivity index (χ2n) is 14.9. The van der Waals surface area contributed by atoms with E-state index in [1.165, 1.54) is 148 Å². The van der Waals surface area contributed by atoms with Crippen LogP contribution in [0.4, 0.5) is 0 Å². The van der Waals surface area contributed by atoms with Gasteiger partial charge in [0.2, 0.25) is 5.91 Å². The summed E-state index contributed by atoms with van der Waals surface area (Å²) in [4.78, 5) is 12.4. The molecule has 0 heterocycles. The SMILES string of the molecule is CCCCC/C=C/CC/C=C/CC/C=C/C(O)C(CO)NC(=O)CC(O)CCCCCCCCC/C=C\CCCCCCCCCCCCCC. The molecule has 298 valence electrons. The largest absolute Gasteiger partial charge is 0.394 e. The fraction of sp³-hybridized carbons (Fsp3) is 0.804. The summed E-state index contributed by atoms with van der Waals surface area (Å²) in [5.41, 5.74) is 0. The predicted octanol–water partition coefficient (Wildman–Crippen LogP) is 12.5. The Morgan fingerprint density at radius 2 is 0.843 bits per heavy atom. The van der Waals surface area contributed by atoms with Crippen molar-refractivity contribution in [1.29, 1.82) is 0 Å². The Bertz CT molecular complexity index is 835. The van der Waals surface area contributed by atoms with E-state index in [9.17, 15) is 20.1 Å². The summed E-state index contributed by atoms with van der Waals surface area (Å²) < 4.78 is 0. The van der Waals surface area contributed by atoms with Crippen molar-refractivity contribution in [2.45, 2.75) is 231 Å². The van der Waals surface area contributed by atoms with Crippen LogP contribution in [0.15, 0.2) is 48.6 Å². The van der Waals surface area contributed by atoms with Gasteiger partial charge in [-0.05, 0) is 70.6 Å².